The molecule has 1 amide bonds. The van der Waals surface area contributed by atoms with Crippen molar-refractivity contribution in [3.8, 4) is 0 Å². The van der Waals surface area contributed by atoms with Crippen LogP contribution in [0.5, 0.6) is 0 Å². The number of carbonyl (C=O) groups excluding carboxylic acids is 2. The van der Waals surface area contributed by atoms with Gasteiger partial charge in [0.05, 0.1) is 12.7 Å². The lowest BCUT2D eigenvalue weighted by Gasteiger charge is -2.32. The quantitative estimate of drug-likeness (QED) is 0.763. The number of ether oxygens (including phenoxy) is 2. The van der Waals surface area contributed by atoms with Crippen LogP contribution in [0.2, 0.25) is 0 Å². The Morgan fingerprint density at radius 3 is 2.70 bits per heavy atom. The molecule has 1 saturated heterocycles. The second-order valence-electron chi connectivity index (χ2n) is 5.69. The van der Waals surface area contributed by atoms with E-state index in [9.17, 15) is 14.7 Å². The van der Waals surface area contributed by atoms with Crippen molar-refractivity contribution < 1.29 is 24.2 Å². The van der Waals surface area contributed by atoms with Crippen molar-refractivity contribution in [1.82, 2.24) is 4.90 Å². The van der Waals surface area contributed by atoms with Gasteiger partial charge in [-0.15, -0.1) is 0 Å². The van der Waals surface area contributed by atoms with Crippen LogP contribution >= 0.6 is 0 Å². The number of morpholine rings is 1. The topological polar surface area (TPSA) is 76.1 Å². The fraction of sp³-hybridized carbons (Fsp3) is 0.857. The summed E-state index contributed by atoms with van der Waals surface area (Å²) in [6.07, 6.45) is 3.52. The van der Waals surface area contributed by atoms with Gasteiger partial charge < -0.3 is 19.5 Å². The number of rotatable bonds is 3. The van der Waals surface area contributed by atoms with Crippen molar-refractivity contribution in [3.05, 3.63) is 0 Å². The van der Waals surface area contributed by atoms with Gasteiger partial charge in [-0.2, -0.15) is 0 Å². The zero-order chi connectivity index (χ0) is 14.6. The maximum Gasteiger partial charge on any atom is 0.338 e. The highest BCUT2D eigenvalue weighted by Crippen LogP contribution is 2.29. The molecule has 0 aromatic heterocycles. The molecule has 2 aliphatic rings. The van der Waals surface area contributed by atoms with Crippen LogP contribution in [0.3, 0.4) is 0 Å². The summed E-state index contributed by atoms with van der Waals surface area (Å²) >= 11 is 0. The molecular weight excluding hydrogens is 262 g/mol. The Balaban J connectivity index is 1.79. The van der Waals surface area contributed by atoms with E-state index in [4.69, 9.17) is 9.47 Å². The fourth-order valence-corrected chi connectivity index (χ4v) is 2.74. The monoisotopic (exact) mass is 285 g/mol. The molecule has 6 heteroatoms. The van der Waals surface area contributed by atoms with Crippen LogP contribution in [-0.4, -0.2) is 59.9 Å². The fourth-order valence-electron chi connectivity index (χ4n) is 2.74. The molecule has 114 valence electrons. The van der Waals surface area contributed by atoms with Crippen molar-refractivity contribution in [2.75, 3.05) is 26.3 Å². The van der Waals surface area contributed by atoms with Crippen molar-refractivity contribution in [1.29, 1.82) is 0 Å². The normalized spacial score (nSPS) is 26.1. The lowest BCUT2D eigenvalue weighted by Crippen LogP contribution is -2.47. The molecule has 1 aliphatic carbocycles. The van der Waals surface area contributed by atoms with Crippen molar-refractivity contribution in [2.24, 2.45) is 0 Å². The molecule has 1 N–H and O–H groups in total. The summed E-state index contributed by atoms with van der Waals surface area (Å²) in [5.41, 5.74) is -1.39. The molecule has 1 aliphatic heterocycles. The molecule has 2 rings (SSSR count). The van der Waals surface area contributed by atoms with Crippen LogP contribution in [-0.2, 0) is 19.1 Å². The third-order valence-electron chi connectivity index (χ3n) is 3.98. The number of aliphatic hydroxyl groups is 1. The standard InChI is InChI=1S/C14H23NO5/c1-11-9-15(7-8-19-11)12(16)10-20-13(17)14(18)5-3-2-4-6-14/h11,18H,2-10H2,1H3. The highest BCUT2D eigenvalue weighted by molar-refractivity contribution is 5.84. The first kappa shape index (κ1) is 15.3. The molecule has 1 unspecified atom stereocenters. The van der Waals surface area contributed by atoms with Gasteiger partial charge in [-0.05, 0) is 32.6 Å². The zero-order valence-electron chi connectivity index (χ0n) is 12.0. The Morgan fingerprint density at radius 2 is 2.05 bits per heavy atom. The summed E-state index contributed by atoms with van der Waals surface area (Å²) < 4.78 is 10.4. The summed E-state index contributed by atoms with van der Waals surface area (Å²) in [6, 6.07) is 0. The van der Waals surface area contributed by atoms with Gasteiger partial charge in [-0.3, -0.25) is 4.79 Å². The lowest BCUT2D eigenvalue weighted by atomic mass is 9.85. The smallest absolute Gasteiger partial charge is 0.338 e. The van der Waals surface area contributed by atoms with E-state index in [1.807, 2.05) is 6.92 Å². The molecule has 6 nitrogen and oxygen atoms in total. The van der Waals surface area contributed by atoms with Crippen molar-refractivity contribution >= 4 is 11.9 Å². The van der Waals surface area contributed by atoms with E-state index in [1.54, 1.807) is 4.90 Å². The molecule has 20 heavy (non-hydrogen) atoms. The molecule has 1 saturated carbocycles. The van der Waals surface area contributed by atoms with Gasteiger partial charge >= 0.3 is 5.97 Å². The minimum Gasteiger partial charge on any atom is -0.453 e. The molecule has 0 aromatic carbocycles. The Bertz CT molecular complexity index is 365. The Labute approximate surface area is 119 Å². The summed E-state index contributed by atoms with van der Waals surface area (Å²) in [5, 5.41) is 10.2. The molecule has 0 aromatic rings. The van der Waals surface area contributed by atoms with Crippen LogP contribution in [0.25, 0.3) is 0 Å². The van der Waals surface area contributed by atoms with Gasteiger partial charge in [-0.1, -0.05) is 6.42 Å². The number of carbonyl (C=O) groups is 2. The predicted molar refractivity (Wildman–Crippen MR) is 71.0 cm³/mol. The predicted octanol–water partition coefficient (Wildman–Crippen LogP) is 0.472. The van der Waals surface area contributed by atoms with E-state index in [1.165, 1.54) is 0 Å². The summed E-state index contributed by atoms with van der Waals surface area (Å²) in [5.74, 6) is -0.889. The van der Waals surface area contributed by atoms with Crippen LogP contribution in [0, 0.1) is 0 Å². The van der Waals surface area contributed by atoms with E-state index in [2.05, 4.69) is 0 Å². The van der Waals surface area contributed by atoms with Crippen LogP contribution in [0.1, 0.15) is 39.0 Å². The molecular formula is C14H23NO5. The third kappa shape index (κ3) is 3.70. The number of hydrogen-bond acceptors (Lipinski definition) is 5. The van der Waals surface area contributed by atoms with E-state index in [0.717, 1.165) is 19.3 Å². The maximum absolute atomic E-state index is 11.9. The van der Waals surface area contributed by atoms with Gasteiger partial charge in [-0.25, -0.2) is 4.79 Å². The largest absolute Gasteiger partial charge is 0.453 e. The van der Waals surface area contributed by atoms with Crippen LogP contribution in [0.15, 0.2) is 0 Å². The van der Waals surface area contributed by atoms with E-state index < -0.39 is 11.6 Å². The number of amides is 1. The first-order chi connectivity index (χ1) is 9.51. The van der Waals surface area contributed by atoms with Crippen LogP contribution < -0.4 is 0 Å². The average Bonchev–Trinajstić information content (AvgIpc) is 2.45. The molecule has 1 heterocycles. The maximum atomic E-state index is 11.9. The Kier molecular flexibility index (Phi) is 4.99. The average molecular weight is 285 g/mol. The summed E-state index contributed by atoms with van der Waals surface area (Å²) in [7, 11) is 0. The Hall–Kier alpha value is -1.14. The van der Waals surface area contributed by atoms with E-state index in [0.29, 0.717) is 32.5 Å². The highest BCUT2D eigenvalue weighted by atomic mass is 16.6. The molecule has 0 radical (unpaired) electrons. The zero-order valence-corrected chi connectivity index (χ0v) is 12.0. The SMILES string of the molecule is CC1CN(C(=O)COC(=O)C2(O)CCCCC2)CCO1. The van der Waals surface area contributed by atoms with Gasteiger partial charge in [0.15, 0.2) is 12.2 Å². The summed E-state index contributed by atoms with van der Waals surface area (Å²) in [6.45, 7) is 3.14. The van der Waals surface area contributed by atoms with Crippen LogP contribution in [0.4, 0.5) is 0 Å². The molecule has 0 bridgehead atoms. The minimum atomic E-state index is -1.39. The second kappa shape index (κ2) is 6.54. The van der Waals surface area contributed by atoms with Crippen molar-refractivity contribution in [2.45, 2.75) is 50.7 Å². The molecule has 2 fully saturated rings. The van der Waals surface area contributed by atoms with E-state index >= 15 is 0 Å². The van der Waals surface area contributed by atoms with Gasteiger partial charge in [0, 0.05) is 13.1 Å². The number of hydrogen-bond donors (Lipinski definition) is 1. The summed E-state index contributed by atoms with van der Waals surface area (Å²) in [4.78, 5) is 25.5. The second-order valence-corrected chi connectivity index (χ2v) is 5.69. The number of nitrogens with zero attached hydrogens (tertiary/aromatic N) is 1. The van der Waals surface area contributed by atoms with Crippen molar-refractivity contribution in [3.63, 3.8) is 0 Å². The molecule has 0 spiro atoms. The van der Waals surface area contributed by atoms with Gasteiger partial charge in [0.2, 0.25) is 0 Å². The third-order valence-corrected chi connectivity index (χ3v) is 3.98. The minimum absolute atomic E-state index is 0.00549. The van der Waals surface area contributed by atoms with Gasteiger partial charge in [0.25, 0.3) is 5.91 Å². The first-order valence-corrected chi connectivity index (χ1v) is 7.30. The first-order valence-electron chi connectivity index (χ1n) is 7.30. The highest BCUT2D eigenvalue weighted by Gasteiger charge is 2.39. The Morgan fingerprint density at radius 1 is 1.35 bits per heavy atom. The lowest BCUT2D eigenvalue weighted by molar-refractivity contribution is -0.173. The molecule has 1 atom stereocenters. The van der Waals surface area contributed by atoms with Gasteiger partial charge in [0.1, 0.15) is 0 Å². The number of esters is 1. The van der Waals surface area contributed by atoms with E-state index in [-0.39, 0.29) is 18.6 Å².